The zero-order valence-electron chi connectivity index (χ0n) is 12.5. The minimum atomic E-state index is -0.108. The van der Waals surface area contributed by atoms with Gasteiger partial charge in [0, 0.05) is 24.8 Å². The molecule has 2 aromatic heterocycles. The zero-order chi connectivity index (χ0) is 15.9. The number of rotatable bonds is 6. The number of aromatic nitrogens is 3. The molecule has 3 aromatic rings. The number of hydrazine groups is 1. The lowest BCUT2D eigenvalue weighted by molar-refractivity contribution is -0.120. The smallest absolute Gasteiger partial charge is 0.243 e. The van der Waals surface area contributed by atoms with Crippen LogP contribution in [0.3, 0.4) is 0 Å². The van der Waals surface area contributed by atoms with Crippen LogP contribution in [0.1, 0.15) is 11.1 Å². The zero-order valence-corrected chi connectivity index (χ0v) is 12.5. The summed E-state index contributed by atoms with van der Waals surface area (Å²) in [5.41, 5.74) is 4.89. The maximum Gasteiger partial charge on any atom is 0.243 e. The van der Waals surface area contributed by atoms with Crippen molar-refractivity contribution in [2.45, 2.75) is 13.0 Å². The summed E-state index contributed by atoms with van der Waals surface area (Å²) in [6.45, 7) is 0.524. The average Bonchev–Trinajstić information content (AvgIpc) is 3.10. The Morgan fingerprint density at radius 3 is 2.52 bits per heavy atom. The molecule has 0 unspecified atom stereocenters. The number of nitrogens with zero attached hydrogens (tertiary/aromatic N) is 3. The summed E-state index contributed by atoms with van der Waals surface area (Å²) in [5, 5.41) is 1.71. The van der Waals surface area contributed by atoms with Gasteiger partial charge in [0.15, 0.2) is 0 Å². The first-order valence-electron chi connectivity index (χ1n) is 7.30. The van der Waals surface area contributed by atoms with Crippen LogP contribution in [0.4, 0.5) is 5.95 Å². The second kappa shape index (κ2) is 7.22. The lowest BCUT2D eigenvalue weighted by Crippen LogP contribution is -2.43. The van der Waals surface area contributed by atoms with E-state index >= 15 is 0 Å². The minimum Gasteiger partial charge on any atom is -0.330 e. The molecule has 2 heterocycles. The number of H-pyrrole nitrogens is 1. The van der Waals surface area contributed by atoms with Gasteiger partial charge in [-0.2, -0.15) is 0 Å². The Kier molecular flexibility index (Phi) is 4.63. The van der Waals surface area contributed by atoms with Crippen molar-refractivity contribution in [3.63, 3.8) is 0 Å². The van der Waals surface area contributed by atoms with E-state index in [1.807, 2.05) is 42.5 Å². The fourth-order valence-electron chi connectivity index (χ4n) is 2.21. The van der Waals surface area contributed by atoms with Gasteiger partial charge < -0.3 is 4.98 Å². The first kappa shape index (κ1) is 14.8. The van der Waals surface area contributed by atoms with Crippen molar-refractivity contribution < 1.29 is 4.79 Å². The fraction of sp³-hybridized carbons (Fsp3) is 0.118. The van der Waals surface area contributed by atoms with Crippen LogP contribution in [0, 0.1) is 0 Å². The Hall–Kier alpha value is -3.15. The lowest BCUT2D eigenvalue weighted by atomic mass is 10.2. The number of hydrogen-bond donors (Lipinski definition) is 2. The Morgan fingerprint density at radius 2 is 1.83 bits per heavy atom. The van der Waals surface area contributed by atoms with Gasteiger partial charge in [0.25, 0.3) is 0 Å². The summed E-state index contributed by atoms with van der Waals surface area (Å²) in [5.74, 6) is 0.487. The van der Waals surface area contributed by atoms with Crippen molar-refractivity contribution in [1.82, 2.24) is 20.4 Å². The number of nitrogens with one attached hydrogen (secondary N) is 2. The number of anilines is 1. The molecule has 6 heteroatoms. The van der Waals surface area contributed by atoms with Gasteiger partial charge >= 0.3 is 0 Å². The van der Waals surface area contributed by atoms with Gasteiger partial charge in [-0.3, -0.25) is 15.2 Å². The topological polar surface area (TPSA) is 73.9 Å². The van der Waals surface area contributed by atoms with Crippen LogP contribution in [0.5, 0.6) is 0 Å². The predicted molar refractivity (Wildman–Crippen MR) is 87.3 cm³/mol. The van der Waals surface area contributed by atoms with Crippen LogP contribution in [0.15, 0.2) is 67.3 Å². The molecule has 0 aliphatic rings. The van der Waals surface area contributed by atoms with E-state index in [9.17, 15) is 4.79 Å². The highest BCUT2D eigenvalue weighted by atomic mass is 16.2. The standard InChI is InChI=1S/C17H17N5O/c23-16(12-14-6-8-18-9-7-14)21-22(17-19-10-11-20-17)13-15-4-2-1-3-5-15/h1-11H,12-13H2,(H,19,20)(H,21,23). The van der Waals surface area contributed by atoms with Gasteiger partial charge in [-0.1, -0.05) is 30.3 Å². The molecule has 0 bridgehead atoms. The first-order chi connectivity index (χ1) is 11.3. The highest BCUT2D eigenvalue weighted by Gasteiger charge is 2.13. The molecule has 0 fully saturated rings. The quantitative estimate of drug-likeness (QED) is 0.684. The summed E-state index contributed by atoms with van der Waals surface area (Å²) in [6.07, 6.45) is 7.02. The maximum absolute atomic E-state index is 12.3. The van der Waals surface area contributed by atoms with Crippen LogP contribution in [-0.2, 0) is 17.8 Å². The van der Waals surface area contributed by atoms with Gasteiger partial charge in [0.1, 0.15) is 0 Å². The third-order valence-corrected chi connectivity index (χ3v) is 3.30. The second-order valence-corrected chi connectivity index (χ2v) is 5.05. The van der Waals surface area contributed by atoms with E-state index in [4.69, 9.17) is 0 Å². The molecule has 0 saturated heterocycles. The van der Waals surface area contributed by atoms with E-state index in [0.717, 1.165) is 11.1 Å². The van der Waals surface area contributed by atoms with E-state index in [1.54, 1.807) is 29.8 Å². The minimum absolute atomic E-state index is 0.108. The van der Waals surface area contributed by atoms with Crippen LogP contribution in [0.25, 0.3) is 0 Å². The van der Waals surface area contributed by atoms with Crippen molar-refractivity contribution in [1.29, 1.82) is 0 Å². The number of carbonyl (C=O) groups is 1. The van der Waals surface area contributed by atoms with E-state index in [1.165, 1.54) is 0 Å². The molecule has 0 atom stereocenters. The number of amides is 1. The fourth-order valence-corrected chi connectivity index (χ4v) is 2.21. The third kappa shape index (κ3) is 4.16. The van der Waals surface area contributed by atoms with Gasteiger partial charge in [-0.05, 0) is 23.3 Å². The van der Waals surface area contributed by atoms with Crippen molar-refractivity contribution in [2.75, 3.05) is 5.01 Å². The number of aromatic amines is 1. The summed E-state index contributed by atoms with van der Waals surface area (Å²) in [4.78, 5) is 23.5. The van der Waals surface area contributed by atoms with Gasteiger partial charge in [-0.25, -0.2) is 9.99 Å². The number of hydrogen-bond acceptors (Lipinski definition) is 4. The monoisotopic (exact) mass is 307 g/mol. The molecular formula is C17H17N5O. The first-order valence-corrected chi connectivity index (χ1v) is 7.30. The largest absolute Gasteiger partial charge is 0.330 e. The van der Waals surface area contributed by atoms with E-state index < -0.39 is 0 Å². The molecule has 0 saturated carbocycles. The number of benzene rings is 1. The summed E-state index contributed by atoms with van der Waals surface area (Å²) >= 11 is 0. The molecule has 1 amide bonds. The van der Waals surface area contributed by atoms with Crippen molar-refractivity contribution in [2.24, 2.45) is 0 Å². The molecule has 6 nitrogen and oxygen atoms in total. The molecule has 116 valence electrons. The Morgan fingerprint density at radius 1 is 1.04 bits per heavy atom. The van der Waals surface area contributed by atoms with Gasteiger partial charge in [0.2, 0.25) is 11.9 Å². The normalized spacial score (nSPS) is 10.3. The molecule has 2 N–H and O–H groups in total. The summed E-state index contributed by atoms with van der Waals surface area (Å²) in [7, 11) is 0. The van der Waals surface area contributed by atoms with Crippen LogP contribution in [-0.4, -0.2) is 20.9 Å². The predicted octanol–water partition coefficient (Wildman–Crippen LogP) is 2.09. The molecule has 3 rings (SSSR count). The molecule has 0 aliphatic heterocycles. The molecular weight excluding hydrogens is 290 g/mol. The Bertz CT molecular complexity index is 728. The molecule has 0 radical (unpaired) electrons. The second-order valence-electron chi connectivity index (χ2n) is 5.05. The van der Waals surface area contributed by atoms with E-state index in [0.29, 0.717) is 12.5 Å². The average molecular weight is 307 g/mol. The number of carbonyl (C=O) groups excluding carboxylic acids is 1. The van der Waals surface area contributed by atoms with Gasteiger partial charge in [0.05, 0.1) is 13.0 Å². The molecule has 0 aliphatic carbocycles. The van der Waals surface area contributed by atoms with Crippen LogP contribution < -0.4 is 10.4 Å². The van der Waals surface area contributed by atoms with E-state index in [2.05, 4.69) is 20.4 Å². The maximum atomic E-state index is 12.3. The number of pyridine rings is 1. The van der Waals surface area contributed by atoms with Crippen molar-refractivity contribution in [3.05, 3.63) is 78.4 Å². The van der Waals surface area contributed by atoms with Gasteiger partial charge in [-0.15, -0.1) is 0 Å². The van der Waals surface area contributed by atoms with Crippen LogP contribution in [0.2, 0.25) is 0 Å². The van der Waals surface area contributed by atoms with Crippen molar-refractivity contribution in [3.8, 4) is 0 Å². The van der Waals surface area contributed by atoms with E-state index in [-0.39, 0.29) is 12.3 Å². The SMILES string of the molecule is O=C(Cc1ccncc1)NN(Cc1ccccc1)c1ncc[nH]1. The number of imidazole rings is 1. The van der Waals surface area contributed by atoms with Crippen molar-refractivity contribution >= 4 is 11.9 Å². The summed E-state index contributed by atoms with van der Waals surface area (Å²) in [6, 6.07) is 13.6. The molecule has 23 heavy (non-hydrogen) atoms. The lowest BCUT2D eigenvalue weighted by Gasteiger charge is -2.22. The Balaban J connectivity index is 1.70. The Labute approximate surface area is 134 Å². The van der Waals surface area contributed by atoms with Crippen LogP contribution >= 0.6 is 0 Å². The highest BCUT2D eigenvalue weighted by Crippen LogP contribution is 2.10. The summed E-state index contributed by atoms with van der Waals surface area (Å²) < 4.78 is 0. The highest BCUT2D eigenvalue weighted by molar-refractivity contribution is 5.79. The molecule has 1 aromatic carbocycles. The molecule has 0 spiro atoms. The third-order valence-electron chi connectivity index (χ3n) is 3.30.